The molecule has 0 bridgehead atoms. The van der Waals surface area contributed by atoms with Gasteiger partial charge in [-0.1, -0.05) is 34.6 Å². The van der Waals surface area contributed by atoms with Crippen LogP contribution in [0.2, 0.25) is 0 Å². The average Bonchev–Trinajstić information content (AvgIpc) is 3.42. The first-order chi connectivity index (χ1) is 20.0. The van der Waals surface area contributed by atoms with Crippen molar-refractivity contribution >= 4 is 11.6 Å². The number of amides is 1. The molecule has 0 unspecified atom stereocenters. The predicted molar refractivity (Wildman–Crippen MR) is 159 cm³/mol. The van der Waals surface area contributed by atoms with Crippen LogP contribution in [0.3, 0.4) is 0 Å². The summed E-state index contributed by atoms with van der Waals surface area (Å²) in [6.45, 7) is 10.9. The normalized spacial score (nSPS) is 42.5. The van der Waals surface area contributed by atoms with Gasteiger partial charge in [-0.3, -0.25) is 4.79 Å². The van der Waals surface area contributed by atoms with E-state index in [1.807, 2.05) is 13.8 Å². The molecule has 43 heavy (non-hydrogen) atoms. The van der Waals surface area contributed by atoms with Crippen LogP contribution >= 0.6 is 0 Å². The number of hydrogen-bond donors (Lipinski definition) is 3. The van der Waals surface area contributed by atoms with E-state index in [1.165, 1.54) is 12.1 Å². The van der Waals surface area contributed by atoms with E-state index in [2.05, 4.69) is 20.8 Å². The van der Waals surface area contributed by atoms with Crippen LogP contribution in [0.25, 0.3) is 0 Å². The Labute approximate surface area is 254 Å². The molecule has 1 heterocycles. The molecule has 1 amide bonds. The summed E-state index contributed by atoms with van der Waals surface area (Å²) in [6.07, 6.45) is 1.15. The lowest BCUT2D eigenvalue weighted by Crippen LogP contribution is -2.62. The van der Waals surface area contributed by atoms with Crippen LogP contribution in [0.15, 0.2) is 18.2 Å². The molecule has 0 spiro atoms. The van der Waals surface area contributed by atoms with Gasteiger partial charge < -0.3 is 20.2 Å². The molecule has 0 radical (unpaired) electrons. The standard InChI is InChI=1S/C35H50F3NO4/c1-19(6-11-30(43)39-18-32(2,3)25-15-20(35(36,37)38)7-10-27(25)39)23-8-9-24-31-26(17-29(42)34(23,24)5)33(4)13-12-22(40)14-21(33)16-28(31)41/h7,10,15,19,21-24,26,28-29,31,40-42H,6,8-9,11-14,16-18H2,1-5H3/t19-,21+,22-,23-,24+,26+,28-,29+,31+,33+,34-/m1/s1. The molecule has 5 nitrogen and oxygen atoms in total. The highest BCUT2D eigenvalue weighted by Gasteiger charge is 2.65. The molecule has 6 rings (SSSR count). The summed E-state index contributed by atoms with van der Waals surface area (Å²) >= 11 is 0. The van der Waals surface area contributed by atoms with Gasteiger partial charge in [-0.05, 0) is 121 Å². The van der Waals surface area contributed by atoms with Crippen LogP contribution in [0, 0.1) is 46.3 Å². The molecule has 4 saturated carbocycles. The van der Waals surface area contributed by atoms with E-state index in [1.54, 1.807) is 4.90 Å². The minimum atomic E-state index is -4.43. The Hall–Kier alpha value is -1.64. The van der Waals surface area contributed by atoms with Crippen molar-refractivity contribution in [2.24, 2.45) is 46.3 Å². The lowest BCUT2D eigenvalue weighted by molar-refractivity contribution is -0.207. The molecular weight excluding hydrogens is 555 g/mol. The Morgan fingerprint density at radius 2 is 1.74 bits per heavy atom. The first-order valence-electron chi connectivity index (χ1n) is 16.5. The van der Waals surface area contributed by atoms with Crippen molar-refractivity contribution in [3.05, 3.63) is 29.3 Å². The van der Waals surface area contributed by atoms with Crippen LogP contribution in [-0.4, -0.2) is 46.1 Å². The first kappa shape index (κ1) is 31.3. The van der Waals surface area contributed by atoms with Crippen molar-refractivity contribution in [2.45, 2.75) is 122 Å². The highest BCUT2D eigenvalue weighted by Crippen LogP contribution is 2.68. The number of halogens is 3. The maximum Gasteiger partial charge on any atom is 0.416 e. The second kappa shape index (κ2) is 10.4. The molecule has 0 saturated heterocycles. The minimum absolute atomic E-state index is 0.0300. The number of nitrogens with zero attached hydrogens (tertiary/aromatic N) is 1. The first-order valence-corrected chi connectivity index (χ1v) is 16.5. The van der Waals surface area contributed by atoms with Gasteiger partial charge in [0.1, 0.15) is 0 Å². The second-order valence-electron chi connectivity index (χ2n) is 16.1. The average molecular weight is 606 g/mol. The lowest BCUT2D eigenvalue weighted by atomic mass is 9.43. The van der Waals surface area contributed by atoms with Crippen LogP contribution in [-0.2, 0) is 16.4 Å². The van der Waals surface area contributed by atoms with Gasteiger partial charge in [0.25, 0.3) is 0 Å². The highest BCUT2D eigenvalue weighted by molar-refractivity contribution is 5.96. The molecular formula is C35H50F3NO4. The third-order valence-corrected chi connectivity index (χ3v) is 13.5. The monoisotopic (exact) mass is 605 g/mol. The van der Waals surface area contributed by atoms with Gasteiger partial charge in [-0.15, -0.1) is 0 Å². The molecule has 5 aliphatic rings. The minimum Gasteiger partial charge on any atom is -0.393 e. The Bertz CT molecular complexity index is 1250. The van der Waals surface area contributed by atoms with E-state index in [0.717, 1.165) is 44.6 Å². The zero-order valence-electron chi connectivity index (χ0n) is 26.3. The van der Waals surface area contributed by atoms with E-state index < -0.39 is 29.4 Å². The third-order valence-electron chi connectivity index (χ3n) is 13.5. The maximum atomic E-state index is 13.6. The number of aliphatic hydroxyl groups excluding tert-OH is 3. The molecule has 0 aromatic heterocycles. The number of alkyl halides is 3. The molecule has 3 N–H and O–H groups in total. The second-order valence-corrected chi connectivity index (χ2v) is 16.1. The van der Waals surface area contributed by atoms with Crippen LogP contribution in [0.5, 0.6) is 0 Å². The summed E-state index contributed by atoms with van der Waals surface area (Å²) in [5, 5.41) is 33.7. The Kier molecular flexibility index (Phi) is 7.62. The van der Waals surface area contributed by atoms with E-state index in [9.17, 15) is 33.3 Å². The number of aliphatic hydroxyl groups is 3. The SMILES string of the molecule is C[C@H](CCC(=O)N1CC(C)(C)c2cc(C(F)(F)F)ccc21)[C@H]1CC[C@H]2[C@@H]3[C@H](O)C[C@@H]4C[C@H](O)CC[C@]4(C)[C@H]3C[C@H](O)[C@]12C. The molecule has 1 aromatic carbocycles. The quantitative estimate of drug-likeness (QED) is 0.357. The van der Waals surface area contributed by atoms with Gasteiger partial charge in [-0.2, -0.15) is 13.2 Å². The number of rotatable bonds is 4. The fourth-order valence-corrected chi connectivity index (χ4v) is 11.1. The van der Waals surface area contributed by atoms with Crippen molar-refractivity contribution in [3.63, 3.8) is 0 Å². The number of carbonyl (C=O) groups is 1. The fourth-order valence-electron chi connectivity index (χ4n) is 11.1. The van der Waals surface area contributed by atoms with Gasteiger partial charge >= 0.3 is 6.18 Å². The van der Waals surface area contributed by atoms with Crippen LogP contribution < -0.4 is 4.90 Å². The van der Waals surface area contributed by atoms with Gasteiger partial charge in [0.2, 0.25) is 5.91 Å². The Morgan fingerprint density at radius 1 is 1.02 bits per heavy atom. The summed E-state index contributed by atoms with van der Waals surface area (Å²) in [5.41, 5.74) is -0.428. The van der Waals surface area contributed by atoms with E-state index in [4.69, 9.17) is 0 Å². The summed E-state index contributed by atoms with van der Waals surface area (Å²) in [6, 6.07) is 3.71. The van der Waals surface area contributed by atoms with Crippen molar-refractivity contribution in [3.8, 4) is 0 Å². The lowest BCUT2D eigenvalue weighted by Gasteiger charge is -2.63. The summed E-state index contributed by atoms with van der Waals surface area (Å²) in [4.78, 5) is 15.2. The highest BCUT2D eigenvalue weighted by atomic mass is 19.4. The van der Waals surface area contributed by atoms with Gasteiger partial charge in [0, 0.05) is 24.1 Å². The maximum absolute atomic E-state index is 13.6. The number of anilines is 1. The van der Waals surface area contributed by atoms with E-state index in [0.29, 0.717) is 37.1 Å². The number of benzene rings is 1. The largest absolute Gasteiger partial charge is 0.416 e. The van der Waals surface area contributed by atoms with Crippen molar-refractivity contribution < 1.29 is 33.3 Å². The van der Waals surface area contributed by atoms with Gasteiger partial charge in [0.15, 0.2) is 0 Å². The molecule has 8 heteroatoms. The smallest absolute Gasteiger partial charge is 0.393 e. The van der Waals surface area contributed by atoms with Gasteiger partial charge in [-0.25, -0.2) is 0 Å². The molecule has 4 fully saturated rings. The zero-order chi connectivity index (χ0) is 31.3. The summed E-state index contributed by atoms with van der Waals surface area (Å²) < 4.78 is 40.2. The van der Waals surface area contributed by atoms with E-state index >= 15 is 0 Å². The van der Waals surface area contributed by atoms with Crippen LogP contribution in [0.1, 0.15) is 104 Å². The predicted octanol–water partition coefficient (Wildman–Crippen LogP) is 6.71. The zero-order valence-corrected chi connectivity index (χ0v) is 26.3. The number of hydrogen-bond acceptors (Lipinski definition) is 4. The van der Waals surface area contributed by atoms with Crippen molar-refractivity contribution in [1.82, 2.24) is 0 Å². The molecule has 11 atom stereocenters. The molecule has 240 valence electrons. The Balaban J connectivity index is 1.16. The fraction of sp³-hybridized carbons (Fsp3) is 0.800. The van der Waals surface area contributed by atoms with Crippen molar-refractivity contribution in [1.29, 1.82) is 0 Å². The summed E-state index contributed by atoms with van der Waals surface area (Å²) in [5.74, 6) is 1.24. The molecule has 1 aliphatic heterocycles. The van der Waals surface area contributed by atoms with Crippen molar-refractivity contribution in [2.75, 3.05) is 11.4 Å². The molecule has 4 aliphatic carbocycles. The third kappa shape index (κ3) is 4.88. The van der Waals surface area contributed by atoms with Gasteiger partial charge in [0.05, 0.1) is 23.9 Å². The van der Waals surface area contributed by atoms with E-state index in [-0.39, 0.29) is 58.3 Å². The topological polar surface area (TPSA) is 81.0 Å². The van der Waals surface area contributed by atoms with Crippen LogP contribution in [0.4, 0.5) is 18.9 Å². The molecule has 1 aromatic rings. The number of fused-ring (bicyclic) bond motifs is 6. The Morgan fingerprint density at radius 3 is 2.44 bits per heavy atom. The number of carbonyl (C=O) groups excluding carboxylic acids is 1. The summed E-state index contributed by atoms with van der Waals surface area (Å²) in [7, 11) is 0.